The van der Waals surface area contributed by atoms with Gasteiger partial charge in [-0.3, -0.25) is 9.89 Å². The lowest BCUT2D eigenvalue weighted by molar-refractivity contribution is 0.0781. The van der Waals surface area contributed by atoms with Crippen molar-refractivity contribution >= 4 is 5.91 Å². The fraction of sp³-hybridized carbons (Fsp3) is 0.750. The Morgan fingerprint density at radius 2 is 2.06 bits per heavy atom. The SMILES string of the molecule is CCCCN(C)C(=O)c1n[nH]c(C(C)(C)C)n1. The number of aromatic nitrogens is 3. The molecule has 0 bridgehead atoms. The Morgan fingerprint density at radius 1 is 1.41 bits per heavy atom. The molecule has 0 aromatic carbocycles. The van der Waals surface area contributed by atoms with Gasteiger partial charge in [0.1, 0.15) is 5.82 Å². The summed E-state index contributed by atoms with van der Waals surface area (Å²) in [6.07, 6.45) is 2.07. The van der Waals surface area contributed by atoms with Gasteiger partial charge >= 0.3 is 0 Å². The average molecular weight is 238 g/mol. The first-order valence-electron chi connectivity index (χ1n) is 6.04. The van der Waals surface area contributed by atoms with Crippen LogP contribution >= 0.6 is 0 Å². The van der Waals surface area contributed by atoms with Crippen LogP contribution in [0.25, 0.3) is 0 Å². The van der Waals surface area contributed by atoms with Crippen LogP contribution in [0.4, 0.5) is 0 Å². The molecule has 0 unspecified atom stereocenters. The van der Waals surface area contributed by atoms with Crippen molar-refractivity contribution in [3.05, 3.63) is 11.6 Å². The number of nitrogens with one attached hydrogen (secondary N) is 1. The highest BCUT2D eigenvalue weighted by Crippen LogP contribution is 2.17. The first kappa shape index (κ1) is 13.7. The van der Waals surface area contributed by atoms with Gasteiger partial charge in [-0.2, -0.15) is 0 Å². The number of H-pyrrole nitrogens is 1. The second kappa shape index (κ2) is 5.29. The third kappa shape index (κ3) is 3.54. The van der Waals surface area contributed by atoms with Gasteiger partial charge in [0, 0.05) is 19.0 Å². The molecule has 0 spiro atoms. The summed E-state index contributed by atoms with van der Waals surface area (Å²) in [5.74, 6) is 0.878. The molecule has 17 heavy (non-hydrogen) atoms. The highest BCUT2D eigenvalue weighted by atomic mass is 16.2. The standard InChI is InChI=1S/C12H22N4O/c1-6-7-8-16(5)10(17)9-13-11(15-14-9)12(2,3)4/h6-8H2,1-5H3,(H,13,14,15). The van der Waals surface area contributed by atoms with Gasteiger partial charge in [0.25, 0.3) is 5.91 Å². The largest absolute Gasteiger partial charge is 0.339 e. The van der Waals surface area contributed by atoms with E-state index in [4.69, 9.17) is 0 Å². The molecule has 0 fully saturated rings. The lowest BCUT2D eigenvalue weighted by atomic mass is 9.96. The smallest absolute Gasteiger partial charge is 0.293 e. The monoisotopic (exact) mass is 238 g/mol. The molecular weight excluding hydrogens is 216 g/mol. The van der Waals surface area contributed by atoms with E-state index in [0.717, 1.165) is 25.2 Å². The lowest BCUT2D eigenvalue weighted by Gasteiger charge is -2.15. The summed E-state index contributed by atoms with van der Waals surface area (Å²) in [5.41, 5.74) is -0.118. The Morgan fingerprint density at radius 3 is 2.53 bits per heavy atom. The highest BCUT2D eigenvalue weighted by Gasteiger charge is 2.22. The minimum Gasteiger partial charge on any atom is -0.339 e. The second-order valence-electron chi connectivity index (χ2n) is 5.34. The van der Waals surface area contributed by atoms with Crippen molar-refractivity contribution in [2.75, 3.05) is 13.6 Å². The lowest BCUT2D eigenvalue weighted by Crippen LogP contribution is -2.28. The molecule has 5 nitrogen and oxygen atoms in total. The van der Waals surface area contributed by atoms with Crippen molar-refractivity contribution in [3.63, 3.8) is 0 Å². The first-order chi connectivity index (χ1) is 7.86. The average Bonchev–Trinajstić information content (AvgIpc) is 2.73. The second-order valence-corrected chi connectivity index (χ2v) is 5.34. The minimum atomic E-state index is -0.120. The van der Waals surface area contributed by atoms with Gasteiger partial charge in [-0.15, -0.1) is 5.10 Å². The number of rotatable bonds is 4. The molecule has 96 valence electrons. The van der Waals surface area contributed by atoms with Crippen LogP contribution in [0.1, 0.15) is 57.0 Å². The number of carbonyl (C=O) groups excluding carboxylic acids is 1. The van der Waals surface area contributed by atoms with Gasteiger partial charge in [0.2, 0.25) is 5.82 Å². The maximum Gasteiger partial charge on any atom is 0.293 e. The summed E-state index contributed by atoms with van der Waals surface area (Å²) in [7, 11) is 1.78. The fourth-order valence-corrected chi connectivity index (χ4v) is 1.36. The predicted octanol–water partition coefficient (Wildman–Crippen LogP) is 1.97. The maximum absolute atomic E-state index is 12.0. The summed E-state index contributed by atoms with van der Waals surface area (Å²) in [4.78, 5) is 17.9. The molecule has 1 aromatic heterocycles. The summed E-state index contributed by atoms with van der Waals surface area (Å²) in [5, 5.41) is 6.81. The van der Waals surface area contributed by atoms with E-state index < -0.39 is 0 Å². The van der Waals surface area contributed by atoms with Crippen molar-refractivity contribution in [1.29, 1.82) is 0 Å². The third-order valence-corrected chi connectivity index (χ3v) is 2.58. The Hall–Kier alpha value is -1.39. The van der Waals surface area contributed by atoms with Crippen LogP contribution in [0, 0.1) is 0 Å². The van der Waals surface area contributed by atoms with Gasteiger partial charge in [0.15, 0.2) is 0 Å². The van der Waals surface area contributed by atoms with Crippen LogP contribution in [0.2, 0.25) is 0 Å². The molecule has 1 aromatic rings. The molecule has 0 saturated heterocycles. The number of hydrogen-bond donors (Lipinski definition) is 1. The quantitative estimate of drug-likeness (QED) is 0.872. The molecule has 0 aliphatic rings. The zero-order chi connectivity index (χ0) is 13.1. The van der Waals surface area contributed by atoms with Gasteiger partial charge in [-0.1, -0.05) is 34.1 Å². The molecule has 1 rings (SSSR count). The minimum absolute atomic E-state index is 0.118. The molecule has 0 atom stereocenters. The van der Waals surface area contributed by atoms with Gasteiger partial charge in [0.05, 0.1) is 0 Å². The van der Waals surface area contributed by atoms with E-state index in [-0.39, 0.29) is 17.1 Å². The van der Waals surface area contributed by atoms with E-state index >= 15 is 0 Å². The molecule has 1 heterocycles. The summed E-state index contributed by atoms with van der Waals surface area (Å²) in [6, 6.07) is 0. The van der Waals surface area contributed by atoms with Crippen molar-refractivity contribution in [1.82, 2.24) is 20.1 Å². The Labute approximate surface area is 103 Å². The van der Waals surface area contributed by atoms with Gasteiger partial charge in [-0.05, 0) is 6.42 Å². The zero-order valence-corrected chi connectivity index (χ0v) is 11.4. The Bertz CT molecular complexity index is 378. The van der Waals surface area contributed by atoms with Crippen LogP contribution in [0.3, 0.4) is 0 Å². The molecule has 0 aliphatic carbocycles. The molecular formula is C12H22N4O. The van der Waals surface area contributed by atoms with Gasteiger partial charge < -0.3 is 4.90 Å². The number of amides is 1. The zero-order valence-electron chi connectivity index (χ0n) is 11.4. The van der Waals surface area contributed by atoms with Crippen molar-refractivity contribution in [2.45, 2.75) is 46.0 Å². The van der Waals surface area contributed by atoms with E-state index in [1.54, 1.807) is 11.9 Å². The normalized spacial score (nSPS) is 11.6. The van der Waals surface area contributed by atoms with E-state index in [0.29, 0.717) is 0 Å². The summed E-state index contributed by atoms with van der Waals surface area (Å²) < 4.78 is 0. The predicted molar refractivity (Wildman–Crippen MR) is 67.0 cm³/mol. The van der Waals surface area contributed by atoms with E-state index in [1.165, 1.54) is 0 Å². The van der Waals surface area contributed by atoms with Crippen LogP contribution in [-0.4, -0.2) is 39.6 Å². The summed E-state index contributed by atoms with van der Waals surface area (Å²) in [6.45, 7) is 8.94. The number of aromatic amines is 1. The van der Waals surface area contributed by atoms with Crippen LogP contribution in [0.5, 0.6) is 0 Å². The van der Waals surface area contributed by atoms with Crippen LogP contribution in [0.15, 0.2) is 0 Å². The van der Waals surface area contributed by atoms with Crippen molar-refractivity contribution in [2.24, 2.45) is 0 Å². The van der Waals surface area contributed by atoms with Crippen LogP contribution < -0.4 is 0 Å². The molecule has 0 aliphatic heterocycles. The Balaban J connectivity index is 2.73. The topological polar surface area (TPSA) is 61.9 Å². The van der Waals surface area contributed by atoms with E-state index in [2.05, 4.69) is 22.1 Å². The van der Waals surface area contributed by atoms with E-state index in [9.17, 15) is 4.79 Å². The number of carbonyl (C=O) groups is 1. The number of nitrogens with zero attached hydrogens (tertiary/aromatic N) is 3. The molecule has 0 saturated carbocycles. The number of hydrogen-bond acceptors (Lipinski definition) is 3. The first-order valence-corrected chi connectivity index (χ1v) is 6.04. The van der Waals surface area contributed by atoms with E-state index in [1.807, 2.05) is 20.8 Å². The molecule has 5 heteroatoms. The van der Waals surface area contributed by atoms with Crippen molar-refractivity contribution in [3.8, 4) is 0 Å². The fourth-order valence-electron chi connectivity index (χ4n) is 1.36. The molecule has 1 amide bonds. The van der Waals surface area contributed by atoms with Crippen molar-refractivity contribution < 1.29 is 4.79 Å². The Kier molecular flexibility index (Phi) is 4.26. The number of unbranched alkanes of at least 4 members (excludes halogenated alkanes) is 1. The highest BCUT2D eigenvalue weighted by molar-refractivity contribution is 5.90. The summed E-state index contributed by atoms with van der Waals surface area (Å²) >= 11 is 0. The molecule has 1 N–H and O–H groups in total. The third-order valence-electron chi connectivity index (χ3n) is 2.58. The molecule has 0 radical (unpaired) electrons. The maximum atomic E-state index is 12.0. The van der Waals surface area contributed by atoms with Crippen LogP contribution in [-0.2, 0) is 5.41 Å². The van der Waals surface area contributed by atoms with Gasteiger partial charge in [-0.25, -0.2) is 4.98 Å².